The van der Waals surface area contributed by atoms with Gasteiger partial charge in [0.1, 0.15) is 0 Å². The van der Waals surface area contributed by atoms with E-state index in [1.54, 1.807) is 11.3 Å². The zero-order valence-corrected chi connectivity index (χ0v) is 33.9. The molecular weight excluding hydrogens is 773 g/mol. The molecule has 290 valence electrons. The molecule has 0 aliphatic rings. The molecule has 4 nitrogen and oxygen atoms in total. The van der Waals surface area contributed by atoms with Crippen LogP contribution >= 0.6 is 11.3 Å². The summed E-state index contributed by atoms with van der Waals surface area (Å²) in [5, 5.41) is 4.33. The maximum Gasteiger partial charge on any atom is 0.165 e. The van der Waals surface area contributed by atoms with Crippen LogP contribution in [-0.2, 0) is 0 Å². The van der Waals surface area contributed by atoms with Crippen LogP contribution < -0.4 is 0 Å². The second-order valence-electron chi connectivity index (χ2n) is 15.2. The predicted octanol–water partition coefficient (Wildman–Crippen LogP) is 15.3. The second-order valence-corrected chi connectivity index (χ2v) is 16.3. The summed E-state index contributed by atoms with van der Waals surface area (Å²) < 4.78 is 48.1. The van der Waals surface area contributed by atoms with Gasteiger partial charge in [0.05, 0.1) is 17.9 Å². The highest BCUT2D eigenvalue weighted by Gasteiger charge is 2.22. The lowest BCUT2D eigenvalue weighted by Crippen LogP contribution is -2.02. The maximum atomic E-state index is 9.06. The monoisotopic (exact) mass is 813 g/mol. The molecule has 0 spiro atoms. The number of hydrogen-bond acceptors (Lipinski definition) is 4. The first-order valence-corrected chi connectivity index (χ1v) is 21.3. The van der Waals surface area contributed by atoms with E-state index in [1.165, 1.54) is 5.56 Å². The highest BCUT2D eigenvalue weighted by Crippen LogP contribution is 2.44. The average Bonchev–Trinajstić information content (AvgIpc) is 3.93. The van der Waals surface area contributed by atoms with Gasteiger partial charge in [-0.2, -0.15) is 0 Å². The molecule has 0 saturated heterocycles. The first-order chi connectivity index (χ1) is 32.8. The van der Waals surface area contributed by atoms with Gasteiger partial charge >= 0.3 is 0 Å². The van der Waals surface area contributed by atoms with Crippen LogP contribution in [0.4, 0.5) is 0 Å². The minimum absolute atomic E-state index is 0.0161. The third kappa shape index (κ3) is 6.18. The van der Waals surface area contributed by atoms with Crippen molar-refractivity contribution in [3.8, 4) is 73.2 Å². The molecule has 0 radical (unpaired) electrons. The maximum absolute atomic E-state index is 9.06. The van der Waals surface area contributed by atoms with Gasteiger partial charge in [-0.1, -0.05) is 182 Å². The summed E-state index contributed by atoms with van der Waals surface area (Å²) in [6.07, 6.45) is 0. The Morgan fingerprint density at radius 3 is 1.60 bits per heavy atom. The number of benzene rings is 9. The summed E-state index contributed by atoms with van der Waals surface area (Å²) >= 11 is 1.65. The summed E-state index contributed by atoms with van der Waals surface area (Å²) in [6, 6.07) is 62.5. The summed E-state index contributed by atoms with van der Waals surface area (Å²) in [7, 11) is 0. The second kappa shape index (κ2) is 14.9. The van der Waals surface area contributed by atoms with Crippen LogP contribution in [0.5, 0.6) is 0 Å². The van der Waals surface area contributed by atoms with Gasteiger partial charge in [-0.3, -0.25) is 0 Å². The zero-order valence-electron chi connectivity index (χ0n) is 38.1. The third-order valence-electron chi connectivity index (χ3n) is 11.6. The van der Waals surface area contributed by atoms with E-state index in [0.717, 1.165) is 81.0 Å². The van der Waals surface area contributed by atoms with Crippen molar-refractivity contribution in [1.29, 1.82) is 0 Å². The van der Waals surface area contributed by atoms with E-state index in [2.05, 4.69) is 132 Å². The first-order valence-electron chi connectivity index (χ1n) is 22.9. The normalized spacial score (nSPS) is 12.7. The topological polar surface area (TPSA) is 43.6 Å². The Bertz CT molecular complexity index is 3840. The van der Waals surface area contributed by atoms with Gasteiger partial charge in [0, 0.05) is 53.3 Å². The van der Waals surface area contributed by atoms with Crippen LogP contribution in [0, 0.1) is 0 Å². The van der Waals surface area contributed by atoms with Gasteiger partial charge in [-0.25, -0.2) is 15.0 Å². The van der Waals surface area contributed by atoms with E-state index in [-0.39, 0.29) is 23.5 Å². The van der Waals surface area contributed by atoms with Crippen molar-refractivity contribution in [3.05, 3.63) is 218 Å². The fraction of sp³-hybridized carbons (Fsp3) is 0. The Labute approximate surface area is 369 Å². The first kappa shape index (κ1) is 31.0. The molecular formula is C57H36N4S. The van der Waals surface area contributed by atoms with Crippen molar-refractivity contribution in [2.24, 2.45) is 0 Å². The number of nitrogens with zero attached hydrogens (tertiary/aromatic N) is 4. The van der Waals surface area contributed by atoms with Crippen molar-refractivity contribution in [2.45, 2.75) is 0 Å². The zero-order chi connectivity index (χ0) is 45.3. The number of hydrogen-bond donors (Lipinski definition) is 0. The quantitative estimate of drug-likeness (QED) is 0.161. The Morgan fingerprint density at radius 2 is 0.903 bits per heavy atom. The molecule has 0 unspecified atom stereocenters. The highest BCUT2D eigenvalue weighted by atomic mass is 32.1. The molecule has 3 aromatic heterocycles. The standard InChI is InChI=1S/C57H36N4S/c1-4-16-37(17-5-1)38-28-30-39(31-29-38)42-32-33-53-48(34-42)49-35-43(61-51-26-14-12-23-45(51)46-24-13-15-27-52(46)61)36-50(54(49)62-53)57-59-55(41-20-8-3-9-21-41)58-56(60-57)47-25-11-10-22-44(47)40-18-6-2-7-19-40/h1-36H/i3D,8D,9D,20D,21D. The fourth-order valence-corrected chi connectivity index (χ4v) is 9.84. The summed E-state index contributed by atoms with van der Waals surface area (Å²) in [4.78, 5) is 15.4. The molecule has 62 heavy (non-hydrogen) atoms. The molecule has 3 heterocycles. The third-order valence-corrected chi connectivity index (χ3v) is 12.8. The minimum Gasteiger partial charge on any atom is -0.309 e. The smallest absolute Gasteiger partial charge is 0.165 e. The Morgan fingerprint density at radius 1 is 0.371 bits per heavy atom. The Hall–Kier alpha value is -7.99. The van der Waals surface area contributed by atoms with E-state index in [9.17, 15) is 0 Å². The van der Waals surface area contributed by atoms with Gasteiger partial charge in [-0.05, 0) is 69.8 Å². The van der Waals surface area contributed by atoms with E-state index >= 15 is 0 Å². The lowest BCUT2D eigenvalue weighted by Gasteiger charge is -2.14. The van der Waals surface area contributed by atoms with Crippen molar-refractivity contribution >= 4 is 53.3 Å². The van der Waals surface area contributed by atoms with Gasteiger partial charge in [-0.15, -0.1) is 11.3 Å². The van der Waals surface area contributed by atoms with Crippen molar-refractivity contribution in [2.75, 3.05) is 0 Å². The van der Waals surface area contributed by atoms with E-state index in [4.69, 9.17) is 21.8 Å². The largest absolute Gasteiger partial charge is 0.309 e. The van der Waals surface area contributed by atoms with Gasteiger partial charge in [0.15, 0.2) is 17.5 Å². The van der Waals surface area contributed by atoms with Crippen LogP contribution in [0.3, 0.4) is 0 Å². The van der Waals surface area contributed by atoms with Crippen molar-refractivity contribution < 1.29 is 6.85 Å². The lowest BCUT2D eigenvalue weighted by molar-refractivity contribution is 1.07. The van der Waals surface area contributed by atoms with Crippen molar-refractivity contribution in [1.82, 2.24) is 19.5 Å². The minimum atomic E-state index is -0.486. The SMILES string of the molecule is [2H]c1c([2H])c([2H])c(-c2nc(-c3ccccc3-c3ccccc3)nc(-c3cc(-n4c5ccccc5c5ccccc54)cc4c3sc3ccc(-c5ccc(-c6ccccc6)cc5)cc34)n2)c([2H])c1[2H]. The Kier molecular flexibility index (Phi) is 7.46. The van der Waals surface area contributed by atoms with Crippen molar-refractivity contribution in [3.63, 3.8) is 0 Å². The summed E-state index contributed by atoms with van der Waals surface area (Å²) in [6.45, 7) is 0. The number of thiophene rings is 1. The number of rotatable bonds is 7. The van der Waals surface area contributed by atoms with E-state index in [0.29, 0.717) is 17.2 Å². The van der Waals surface area contributed by atoms with Crippen LogP contribution in [0.25, 0.3) is 115 Å². The molecule has 0 N–H and O–H groups in total. The van der Waals surface area contributed by atoms with Crippen LogP contribution in [0.15, 0.2) is 218 Å². The van der Waals surface area contributed by atoms with Gasteiger partial charge < -0.3 is 4.57 Å². The summed E-state index contributed by atoms with van der Waals surface area (Å²) in [5.41, 5.74) is 10.6. The molecule has 0 atom stereocenters. The molecule has 0 aliphatic heterocycles. The molecule has 12 rings (SSSR count). The molecule has 0 amide bonds. The van der Waals surface area contributed by atoms with E-state index < -0.39 is 18.1 Å². The molecule has 0 bridgehead atoms. The number of para-hydroxylation sites is 2. The van der Waals surface area contributed by atoms with Gasteiger partial charge in [0.2, 0.25) is 0 Å². The summed E-state index contributed by atoms with van der Waals surface area (Å²) in [5.74, 6) is 0.604. The van der Waals surface area contributed by atoms with Crippen LogP contribution in [0.1, 0.15) is 6.85 Å². The van der Waals surface area contributed by atoms with E-state index in [1.807, 2.05) is 60.7 Å². The number of aromatic nitrogens is 4. The number of fused-ring (bicyclic) bond motifs is 6. The lowest BCUT2D eigenvalue weighted by atomic mass is 9.98. The average molecular weight is 814 g/mol. The van der Waals surface area contributed by atoms with Crippen LogP contribution in [0.2, 0.25) is 0 Å². The molecule has 0 fully saturated rings. The molecule has 9 aromatic carbocycles. The highest BCUT2D eigenvalue weighted by molar-refractivity contribution is 7.26. The van der Waals surface area contributed by atoms with Gasteiger partial charge in [0.25, 0.3) is 0 Å². The predicted molar refractivity (Wildman–Crippen MR) is 260 cm³/mol. The molecule has 12 aromatic rings. The fourth-order valence-electron chi connectivity index (χ4n) is 8.66. The molecule has 0 aliphatic carbocycles. The van der Waals surface area contributed by atoms with Crippen LogP contribution in [-0.4, -0.2) is 19.5 Å². The molecule has 5 heteroatoms. The molecule has 0 saturated carbocycles. The Balaban J connectivity index is 1.15.